The lowest BCUT2D eigenvalue weighted by Gasteiger charge is -2.27. The number of aliphatic imine (C=N–C) groups is 1. The summed E-state index contributed by atoms with van der Waals surface area (Å²) in [5.74, 6) is 2.13. The van der Waals surface area contributed by atoms with Gasteiger partial charge in [-0.3, -0.25) is 4.99 Å². The van der Waals surface area contributed by atoms with Gasteiger partial charge in [-0.15, -0.1) is 0 Å². The fraction of sp³-hybridized carbons (Fsp3) is 0.510. The summed E-state index contributed by atoms with van der Waals surface area (Å²) in [5, 5.41) is 23.8. The molecule has 0 aliphatic heterocycles. The summed E-state index contributed by atoms with van der Waals surface area (Å²) in [5.41, 5.74) is 28.7. The minimum absolute atomic E-state index is 0.0313. The van der Waals surface area contributed by atoms with Gasteiger partial charge in [-0.2, -0.15) is 0 Å². The van der Waals surface area contributed by atoms with Crippen LogP contribution in [0.15, 0.2) is 53.5 Å². The second kappa shape index (κ2) is 18.3. The Kier molecular flexibility index (Phi) is 14.6. The number of benzene rings is 4. The standard InChI is InChI=1S/C51H74N4O4/c1-15-32-24-40(49(6,7)8)28-36(45(32)59-19-17-55-47(53)54)22-34-26-41(50(9,10)11)27-35(44(34)57)23-38-30-42(51(12,13)14)29-37(46(38)58-18-16-52)21-33-25-39(48(3,4)5)20-31(2)43(33)56/h20,24-30,56-57H,15-19,21-23,52H2,1-14H3,(H4,53,54,55). The number of phenolic OH excluding ortho intramolecular Hbond substituents is 2. The van der Waals surface area contributed by atoms with Crippen molar-refractivity contribution in [2.75, 3.05) is 26.3 Å². The maximum absolute atomic E-state index is 12.4. The van der Waals surface area contributed by atoms with Gasteiger partial charge in [0.15, 0.2) is 5.96 Å². The molecular formula is C51H74N4O4. The molecule has 322 valence electrons. The molecule has 0 aliphatic rings. The maximum atomic E-state index is 12.4. The Bertz CT molecular complexity index is 2140. The van der Waals surface area contributed by atoms with E-state index in [0.717, 1.165) is 79.1 Å². The Labute approximate surface area is 355 Å². The second-order valence-electron chi connectivity index (χ2n) is 20.4. The second-order valence-corrected chi connectivity index (χ2v) is 20.4. The van der Waals surface area contributed by atoms with Crippen molar-refractivity contribution in [2.45, 2.75) is 144 Å². The fourth-order valence-electron chi connectivity index (χ4n) is 7.38. The van der Waals surface area contributed by atoms with Crippen molar-refractivity contribution in [3.63, 3.8) is 0 Å². The highest BCUT2D eigenvalue weighted by Crippen LogP contribution is 2.42. The average molecular weight is 807 g/mol. The van der Waals surface area contributed by atoms with Crippen molar-refractivity contribution in [2.24, 2.45) is 22.2 Å². The molecule has 0 atom stereocenters. The molecule has 0 radical (unpaired) electrons. The number of guanidine groups is 1. The Morgan fingerprint density at radius 3 is 1.24 bits per heavy atom. The lowest BCUT2D eigenvalue weighted by atomic mass is 9.80. The van der Waals surface area contributed by atoms with E-state index in [1.807, 2.05) is 6.92 Å². The van der Waals surface area contributed by atoms with Crippen LogP contribution in [-0.4, -0.2) is 42.5 Å². The minimum atomic E-state index is -0.205. The van der Waals surface area contributed by atoms with Crippen LogP contribution in [0.4, 0.5) is 0 Å². The number of hydrogen-bond acceptors (Lipinski definition) is 6. The van der Waals surface area contributed by atoms with Gasteiger partial charge in [0.1, 0.15) is 36.2 Å². The third kappa shape index (κ3) is 12.0. The van der Waals surface area contributed by atoms with Gasteiger partial charge in [0.25, 0.3) is 0 Å². The van der Waals surface area contributed by atoms with Gasteiger partial charge < -0.3 is 36.9 Å². The first kappa shape index (κ1) is 47.0. The van der Waals surface area contributed by atoms with Gasteiger partial charge in [0, 0.05) is 25.8 Å². The predicted octanol–water partition coefficient (Wildman–Crippen LogP) is 9.92. The minimum Gasteiger partial charge on any atom is -0.507 e. The summed E-state index contributed by atoms with van der Waals surface area (Å²) >= 11 is 0. The molecule has 0 amide bonds. The number of rotatable bonds is 14. The van der Waals surface area contributed by atoms with Crippen LogP contribution in [0.3, 0.4) is 0 Å². The van der Waals surface area contributed by atoms with Crippen LogP contribution in [0.25, 0.3) is 0 Å². The maximum Gasteiger partial charge on any atom is 0.186 e. The summed E-state index contributed by atoms with van der Waals surface area (Å²) < 4.78 is 13.0. The van der Waals surface area contributed by atoms with E-state index < -0.39 is 0 Å². The first-order valence-electron chi connectivity index (χ1n) is 21.3. The molecule has 0 spiro atoms. The van der Waals surface area contributed by atoms with Crippen LogP contribution in [0, 0.1) is 6.92 Å². The molecule has 59 heavy (non-hydrogen) atoms. The van der Waals surface area contributed by atoms with E-state index >= 15 is 0 Å². The summed E-state index contributed by atoms with van der Waals surface area (Å²) in [4.78, 5) is 4.15. The lowest BCUT2D eigenvalue weighted by Crippen LogP contribution is -2.23. The molecule has 4 aromatic rings. The zero-order valence-electron chi connectivity index (χ0n) is 38.7. The van der Waals surface area contributed by atoms with Crippen molar-refractivity contribution >= 4 is 5.96 Å². The largest absolute Gasteiger partial charge is 0.507 e. The van der Waals surface area contributed by atoms with Crippen molar-refractivity contribution in [3.05, 3.63) is 115 Å². The number of phenols is 2. The molecule has 0 fully saturated rings. The molecule has 8 N–H and O–H groups in total. The molecular weight excluding hydrogens is 733 g/mol. The molecule has 0 aromatic heterocycles. The molecule has 0 bridgehead atoms. The van der Waals surface area contributed by atoms with Crippen LogP contribution in [-0.2, 0) is 47.3 Å². The van der Waals surface area contributed by atoms with Gasteiger partial charge in [0.2, 0.25) is 0 Å². The quantitative estimate of drug-likeness (QED) is 0.0484. The Morgan fingerprint density at radius 1 is 0.525 bits per heavy atom. The van der Waals surface area contributed by atoms with Crippen LogP contribution < -0.4 is 26.7 Å². The topological polar surface area (TPSA) is 149 Å². The Hall–Kier alpha value is -4.69. The van der Waals surface area contributed by atoms with E-state index in [1.54, 1.807) is 0 Å². The van der Waals surface area contributed by atoms with E-state index in [9.17, 15) is 10.2 Å². The van der Waals surface area contributed by atoms with Gasteiger partial charge in [0.05, 0.1) is 6.54 Å². The third-order valence-corrected chi connectivity index (χ3v) is 11.1. The number of aromatic hydroxyl groups is 2. The lowest BCUT2D eigenvalue weighted by molar-refractivity contribution is 0.321. The van der Waals surface area contributed by atoms with Gasteiger partial charge >= 0.3 is 0 Å². The highest BCUT2D eigenvalue weighted by molar-refractivity contribution is 5.75. The number of hydrogen-bond donors (Lipinski definition) is 5. The molecule has 0 unspecified atom stereocenters. The van der Waals surface area contributed by atoms with E-state index in [2.05, 4.69) is 144 Å². The van der Waals surface area contributed by atoms with Gasteiger partial charge in [-0.05, 0) is 102 Å². The average Bonchev–Trinajstić information content (AvgIpc) is 3.11. The van der Waals surface area contributed by atoms with Crippen LogP contribution in [0.1, 0.15) is 157 Å². The van der Waals surface area contributed by atoms with E-state index in [1.165, 1.54) is 5.56 Å². The zero-order valence-corrected chi connectivity index (χ0v) is 38.7. The number of aryl methyl sites for hydroxylation is 2. The van der Waals surface area contributed by atoms with E-state index in [0.29, 0.717) is 51.3 Å². The summed E-state index contributed by atoms with van der Waals surface area (Å²) in [6, 6.07) is 17.4. The van der Waals surface area contributed by atoms with Crippen LogP contribution in [0.2, 0.25) is 0 Å². The molecule has 8 nitrogen and oxygen atoms in total. The number of ether oxygens (including phenoxy) is 2. The SMILES string of the molecule is CCc1cc(C(C)(C)C)cc(Cc2cc(C(C)(C)C)cc(Cc3cc(C(C)(C)C)cc(Cc4cc(C(C)(C)C)cc(C)c4O)c3OCCN)c2O)c1OCCN=C(N)N. The predicted molar refractivity (Wildman–Crippen MR) is 247 cm³/mol. The van der Waals surface area contributed by atoms with Gasteiger partial charge in [-0.25, -0.2) is 0 Å². The monoisotopic (exact) mass is 807 g/mol. The molecule has 0 heterocycles. The molecule has 0 saturated heterocycles. The summed E-state index contributed by atoms with van der Waals surface area (Å²) in [6.45, 7) is 31.9. The highest BCUT2D eigenvalue weighted by Gasteiger charge is 2.27. The van der Waals surface area contributed by atoms with Crippen molar-refractivity contribution < 1.29 is 19.7 Å². The molecule has 0 aliphatic carbocycles. The molecule has 4 aromatic carbocycles. The first-order valence-corrected chi connectivity index (χ1v) is 21.3. The molecule has 4 rings (SSSR count). The van der Waals surface area contributed by atoms with Crippen molar-refractivity contribution in [1.82, 2.24) is 0 Å². The Balaban J connectivity index is 1.96. The van der Waals surface area contributed by atoms with Crippen LogP contribution in [0.5, 0.6) is 23.0 Å². The Morgan fingerprint density at radius 2 is 0.864 bits per heavy atom. The van der Waals surface area contributed by atoms with E-state index in [4.69, 9.17) is 26.7 Å². The molecule has 0 saturated carbocycles. The molecule has 8 heteroatoms. The number of nitrogens with two attached hydrogens (primary N) is 3. The van der Waals surface area contributed by atoms with Gasteiger partial charge in [-0.1, -0.05) is 139 Å². The van der Waals surface area contributed by atoms with Crippen molar-refractivity contribution in [3.8, 4) is 23.0 Å². The van der Waals surface area contributed by atoms with E-state index in [-0.39, 0.29) is 33.4 Å². The smallest absolute Gasteiger partial charge is 0.186 e. The highest BCUT2D eigenvalue weighted by atomic mass is 16.5. The zero-order chi connectivity index (χ0) is 44.2. The first-order chi connectivity index (χ1) is 27.2. The van der Waals surface area contributed by atoms with Crippen molar-refractivity contribution in [1.29, 1.82) is 0 Å². The summed E-state index contributed by atoms with van der Waals surface area (Å²) in [7, 11) is 0. The fourth-order valence-corrected chi connectivity index (χ4v) is 7.38. The summed E-state index contributed by atoms with van der Waals surface area (Å²) in [6.07, 6.45) is 2.15. The van der Waals surface area contributed by atoms with Crippen LogP contribution >= 0.6 is 0 Å². The normalized spacial score (nSPS) is 12.5. The third-order valence-electron chi connectivity index (χ3n) is 11.1. The number of nitrogens with zero attached hydrogens (tertiary/aromatic N) is 1.